The first-order valence-corrected chi connectivity index (χ1v) is 7.16. The van der Waals surface area contributed by atoms with Crippen LogP contribution < -0.4 is 5.73 Å². The van der Waals surface area contributed by atoms with Crippen LogP contribution in [0, 0.1) is 5.92 Å². The Balaban J connectivity index is 1.83. The van der Waals surface area contributed by atoms with E-state index in [1.807, 2.05) is 4.90 Å². The second-order valence-electron chi connectivity index (χ2n) is 5.22. The molecular weight excluding hydrogens is 294 g/mol. The number of aromatic nitrogens is 1. The van der Waals surface area contributed by atoms with Crippen molar-refractivity contribution >= 4 is 27.7 Å². The minimum atomic E-state index is 0.0883. The summed E-state index contributed by atoms with van der Waals surface area (Å²) in [4.78, 5) is 18.6. The summed E-state index contributed by atoms with van der Waals surface area (Å²) in [5.74, 6) is 1.20. The molecule has 0 spiro atoms. The van der Waals surface area contributed by atoms with Crippen LogP contribution in [0.1, 0.15) is 36.0 Å². The summed E-state index contributed by atoms with van der Waals surface area (Å²) in [5, 5.41) is 0. The molecule has 1 aromatic rings. The zero-order valence-electron chi connectivity index (χ0n) is 10.1. The first-order chi connectivity index (χ1) is 8.65. The van der Waals surface area contributed by atoms with Gasteiger partial charge in [0.1, 0.15) is 5.82 Å². The van der Waals surface area contributed by atoms with Crippen molar-refractivity contribution in [1.29, 1.82) is 0 Å². The van der Waals surface area contributed by atoms with Crippen LogP contribution in [-0.4, -0.2) is 28.4 Å². The summed E-state index contributed by atoms with van der Waals surface area (Å²) in [5.41, 5.74) is 6.30. The van der Waals surface area contributed by atoms with E-state index in [1.165, 1.54) is 12.8 Å². The smallest absolute Gasteiger partial charge is 0.255 e. The highest BCUT2D eigenvalue weighted by molar-refractivity contribution is 9.10. The number of amides is 1. The van der Waals surface area contributed by atoms with E-state index in [2.05, 4.69) is 20.9 Å². The molecule has 0 aliphatic heterocycles. The zero-order chi connectivity index (χ0) is 12.7. The molecule has 0 bridgehead atoms. The largest absolute Gasteiger partial charge is 0.384 e. The summed E-state index contributed by atoms with van der Waals surface area (Å²) in [6.45, 7) is 0.901. The lowest BCUT2D eigenvalue weighted by atomic mass is 10.2. The van der Waals surface area contributed by atoms with E-state index in [4.69, 9.17) is 5.73 Å². The fraction of sp³-hybridized carbons (Fsp3) is 0.538. The molecule has 18 heavy (non-hydrogen) atoms. The molecule has 2 aliphatic rings. The van der Waals surface area contributed by atoms with Gasteiger partial charge in [-0.1, -0.05) is 0 Å². The Bertz CT molecular complexity index is 483. The molecule has 2 N–H and O–H groups in total. The minimum absolute atomic E-state index is 0.0883. The molecule has 1 amide bonds. The van der Waals surface area contributed by atoms with E-state index in [0.717, 1.165) is 23.9 Å². The number of anilines is 1. The number of carbonyl (C=O) groups excluding carboxylic acids is 1. The van der Waals surface area contributed by atoms with Crippen molar-refractivity contribution in [3.8, 4) is 0 Å². The molecule has 0 radical (unpaired) electrons. The second-order valence-corrected chi connectivity index (χ2v) is 6.08. The molecule has 0 aromatic carbocycles. The van der Waals surface area contributed by atoms with Crippen LogP contribution in [0.25, 0.3) is 0 Å². The van der Waals surface area contributed by atoms with Crippen LogP contribution in [0.3, 0.4) is 0 Å². The van der Waals surface area contributed by atoms with Crippen LogP contribution >= 0.6 is 15.9 Å². The third-order valence-corrected chi connectivity index (χ3v) is 4.14. The van der Waals surface area contributed by atoms with Gasteiger partial charge in [0, 0.05) is 23.3 Å². The van der Waals surface area contributed by atoms with Gasteiger partial charge in [0.2, 0.25) is 0 Å². The lowest BCUT2D eigenvalue weighted by Gasteiger charge is -2.23. The molecular formula is C13H16BrN3O. The number of hydrogen-bond acceptors (Lipinski definition) is 3. The highest BCUT2D eigenvalue weighted by atomic mass is 79.9. The quantitative estimate of drug-likeness (QED) is 0.929. The Kier molecular flexibility index (Phi) is 3.01. The minimum Gasteiger partial charge on any atom is -0.384 e. The van der Waals surface area contributed by atoms with Crippen LogP contribution in [-0.2, 0) is 0 Å². The van der Waals surface area contributed by atoms with Gasteiger partial charge in [-0.2, -0.15) is 0 Å². The van der Waals surface area contributed by atoms with Gasteiger partial charge in [-0.05, 0) is 53.6 Å². The van der Waals surface area contributed by atoms with Gasteiger partial charge in [-0.25, -0.2) is 4.98 Å². The predicted octanol–water partition coefficient (Wildman–Crippen LogP) is 2.44. The normalized spacial score (nSPS) is 18.7. The Morgan fingerprint density at radius 2 is 2.17 bits per heavy atom. The van der Waals surface area contributed by atoms with E-state index < -0.39 is 0 Å². The Morgan fingerprint density at radius 1 is 1.44 bits per heavy atom. The SMILES string of the molecule is Nc1cc(C(=O)N(CC2CC2)C2CC2)c(Br)cn1. The molecule has 0 atom stereocenters. The number of hydrogen-bond donors (Lipinski definition) is 1. The Hall–Kier alpha value is -1.10. The third-order valence-electron chi connectivity index (χ3n) is 3.51. The fourth-order valence-corrected chi connectivity index (χ4v) is 2.52. The van der Waals surface area contributed by atoms with Crippen molar-refractivity contribution in [3.05, 3.63) is 22.3 Å². The molecule has 2 saturated carbocycles. The predicted molar refractivity (Wildman–Crippen MR) is 73.1 cm³/mol. The zero-order valence-corrected chi connectivity index (χ0v) is 11.7. The maximum Gasteiger partial charge on any atom is 0.255 e. The van der Waals surface area contributed by atoms with Gasteiger partial charge >= 0.3 is 0 Å². The lowest BCUT2D eigenvalue weighted by molar-refractivity contribution is 0.0734. The van der Waals surface area contributed by atoms with E-state index in [9.17, 15) is 4.79 Å². The van der Waals surface area contributed by atoms with E-state index in [0.29, 0.717) is 23.3 Å². The summed E-state index contributed by atoms with van der Waals surface area (Å²) in [7, 11) is 0. The molecule has 0 saturated heterocycles. The fourth-order valence-electron chi connectivity index (χ4n) is 2.14. The third kappa shape index (κ3) is 2.51. The number of pyridine rings is 1. The number of halogens is 1. The maximum atomic E-state index is 12.6. The average molecular weight is 310 g/mol. The highest BCUT2D eigenvalue weighted by Crippen LogP contribution is 2.36. The number of nitrogens with zero attached hydrogens (tertiary/aromatic N) is 2. The maximum absolute atomic E-state index is 12.6. The van der Waals surface area contributed by atoms with Gasteiger partial charge in [0.15, 0.2) is 0 Å². The first kappa shape index (κ1) is 12.0. The van der Waals surface area contributed by atoms with Crippen molar-refractivity contribution in [2.24, 2.45) is 5.92 Å². The number of carbonyl (C=O) groups is 1. The monoisotopic (exact) mass is 309 g/mol. The number of nitrogens with two attached hydrogens (primary N) is 1. The molecule has 0 unspecified atom stereocenters. The topological polar surface area (TPSA) is 59.2 Å². The van der Waals surface area contributed by atoms with E-state index in [-0.39, 0.29) is 5.91 Å². The lowest BCUT2D eigenvalue weighted by Crippen LogP contribution is -2.35. The van der Waals surface area contributed by atoms with Crippen molar-refractivity contribution in [3.63, 3.8) is 0 Å². The van der Waals surface area contributed by atoms with Crippen LogP contribution in [0.2, 0.25) is 0 Å². The van der Waals surface area contributed by atoms with E-state index >= 15 is 0 Å². The van der Waals surface area contributed by atoms with Crippen molar-refractivity contribution in [1.82, 2.24) is 9.88 Å². The van der Waals surface area contributed by atoms with Crippen LogP contribution in [0.15, 0.2) is 16.7 Å². The number of nitrogen functional groups attached to an aromatic ring is 1. The Morgan fingerprint density at radius 3 is 2.78 bits per heavy atom. The molecule has 5 heteroatoms. The molecule has 4 nitrogen and oxygen atoms in total. The van der Waals surface area contributed by atoms with Gasteiger partial charge < -0.3 is 10.6 Å². The summed E-state index contributed by atoms with van der Waals surface area (Å²) < 4.78 is 0.725. The van der Waals surface area contributed by atoms with Crippen molar-refractivity contribution < 1.29 is 4.79 Å². The van der Waals surface area contributed by atoms with Crippen LogP contribution in [0.4, 0.5) is 5.82 Å². The Labute approximate surface area is 115 Å². The average Bonchev–Trinajstić information content (AvgIpc) is 3.21. The standard InChI is InChI=1S/C13H16BrN3O/c14-11-6-16-12(15)5-10(11)13(18)17(9-3-4-9)7-8-1-2-8/h5-6,8-9H,1-4,7H2,(H2,15,16). The molecule has 3 rings (SSSR count). The summed E-state index contributed by atoms with van der Waals surface area (Å²) >= 11 is 3.39. The molecule has 1 heterocycles. The number of rotatable bonds is 4. The molecule has 96 valence electrons. The molecule has 2 fully saturated rings. The van der Waals surface area contributed by atoms with Crippen molar-refractivity contribution in [2.75, 3.05) is 12.3 Å². The van der Waals surface area contributed by atoms with Crippen LogP contribution in [0.5, 0.6) is 0 Å². The first-order valence-electron chi connectivity index (χ1n) is 6.37. The van der Waals surface area contributed by atoms with Crippen molar-refractivity contribution in [2.45, 2.75) is 31.7 Å². The van der Waals surface area contributed by atoms with Gasteiger partial charge in [0.05, 0.1) is 5.56 Å². The summed E-state index contributed by atoms with van der Waals surface area (Å²) in [6.07, 6.45) is 6.39. The van der Waals surface area contributed by atoms with E-state index in [1.54, 1.807) is 12.3 Å². The second kappa shape index (κ2) is 4.53. The summed E-state index contributed by atoms with van der Waals surface area (Å²) in [6, 6.07) is 2.11. The molecule has 1 aromatic heterocycles. The van der Waals surface area contributed by atoms with Gasteiger partial charge in [-0.15, -0.1) is 0 Å². The molecule has 2 aliphatic carbocycles. The van der Waals surface area contributed by atoms with Gasteiger partial charge in [0.25, 0.3) is 5.91 Å². The highest BCUT2D eigenvalue weighted by Gasteiger charge is 2.37. The van der Waals surface area contributed by atoms with Gasteiger partial charge in [-0.3, -0.25) is 4.79 Å².